The van der Waals surface area contributed by atoms with E-state index in [-0.39, 0.29) is 6.04 Å². The van der Waals surface area contributed by atoms with Crippen molar-refractivity contribution in [2.45, 2.75) is 19.4 Å². The number of anilines is 1. The van der Waals surface area contributed by atoms with Crippen molar-refractivity contribution >= 4 is 29.0 Å². The Morgan fingerprint density at radius 3 is 2.67 bits per heavy atom. The molecule has 0 aliphatic heterocycles. The topological polar surface area (TPSA) is 29.9 Å². The summed E-state index contributed by atoms with van der Waals surface area (Å²) in [5.41, 5.74) is 1.04. The van der Waals surface area contributed by atoms with Gasteiger partial charge in [-0.1, -0.05) is 36.2 Å². The zero-order chi connectivity index (χ0) is 13.1. The van der Waals surface area contributed by atoms with Gasteiger partial charge in [0.05, 0.1) is 6.04 Å². The zero-order valence-corrected chi connectivity index (χ0v) is 11.8. The van der Waals surface area contributed by atoms with Crippen molar-refractivity contribution in [3.8, 4) is 0 Å². The summed E-state index contributed by atoms with van der Waals surface area (Å²) in [5, 5.41) is 9.00. The molecular weight excluding hydrogens is 269 g/mol. The number of hydrogen-bond acceptors (Lipinski definition) is 2. The highest BCUT2D eigenvalue weighted by Crippen LogP contribution is 2.30. The Morgan fingerprint density at radius 2 is 2.11 bits per heavy atom. The number of aromatic nitrogens is 2. The third kappa shape index (κ3) is 2.98. The maximum atomic E-state index is 6.22. The third-order valence-electron chi connectivity index (χ3n) is 2.78. The van der Waals surface area contributed by atoms with Crippen LogP contribution in [0.1, 0.15) is 24.9 Å². The third-order valence-corrected chi connectivity index (χ3v) is 3.34. The Labute approximate surface area is 117 Å². The Hall–Kier alpha value is -1.19. The Morgan fingerprint density at radius 1 is 1.33 bits per heavy atom. The first-order chi connectivity index (χ1) is 8.60. The smallest absolute Gasteiger partial charge is 0.148 e. The summed E-state index contributed by atoms with van der Waals surface area (Å²) in [4.78, 5) is 0. The van der Waals surface area contributed by atoms with Crippen LogP contribution in [0.2, 0.25) is 10.0 Å². The molecule has 0 bridgehead atoms. The van der Waals surface area contributed by atoms with Crippen LogP contribution in [0, 0.1) is 0 Å². The molecule has 1 aromatic heterocycles. The lowest BCUT2D eigenvalue weighted by Crippen LogP contribution is -2.11. The number of benzene rings is 1. The first-order valence-corrected chi connectivity index (χ1v) is 6.57. The Bertz CT molecular complexity index is 537. The van der Waals surface area contributed by atoms with Crippen LogP contribution in [0.15, 0.2) is 30.5 Å². The van der Waals surface area contributed by atoms with Gasteiger partial charge in [0.15, 0.2) is 0 Å². The average Bonchev–Trinajstić information content (AvgIpc) is 2.72. The van der Waals surface area contributed by atoms with Crippen LogP contribution in [0.3, 0.4) is 0 Å². The minimum Gasteiger partial charge on any atom is -0.362 e. The zero-order valence-electron chi connectivity index (χ0n) is 10.3. The van der Waals surface area contributed by atoms with Gasteiger partial charge in [-0.2, -0.15) is 5.10 Å². The van der Waals surface area contributed by atoms with Crippen LogP contribution in [-0.2, 0) is 7.05 Å². The lowest BCUT2D eigenvalue weighted by atomic mass is 10.0. The normalized spacial score (nSPS) is 12.4. The number of aryl methyl sites for hydroxylation is 1. The molecule has 0 saturated heterocycles. The quantitative estimate of drug-likeness (QED) is 0.907. The molecule has 0 aliphatic rings. The Balaban J connectivity index is 2.22. The molecule has 1 unspecified atom stereocenters. The van der Waals surface area contributed by atoms with Crippen molar-refractivity contribution in [1.29, 1.82) is 0 Å². The number of nitrogens with one attached hydrogen (secondary N) is 1. The van der Waals surface area contributed by atoms with Gasteiger partial charge in [-0.05, 0) is 24.1 Å². The van der Waals surface area contributed by atoms with Gasteiger partial charge in [0, 0.05) is 29.4 Å². The molecule has 96 valence electrons. The van der Waals surface area contributed by atoms with Crippen molar-refractivity contribution in [2.24, 2.45) is 7.05 Å². The monoisotopic (exact) mass is 283 g/mol. The fourth-order valence-electron chi connectivity index (χ4n) is 1.85. The molecule has 1 heterocycles. The average molecular weight is 284 g/mol. The van der Waals surface area contributed by atoms with Crippen molar-refractivity contribution in [1.82, 2.24) is 9.78 Å². The van der Waals surface area contributed by atoms with Crippen LogP contribution < -0.4 is 5.32 Å². The molecule has 1 N–H and O–H groups in total. The second-order valence-corrected chi connectivity index (χ2v) is 4.99. The summed E-state index contributed by atoms with van der Waals surface area (Å²) in [6.07, 6.45) is 2.82. The van der Waals surface area contributed by atoms with E-state index in [1.807, 2.05) is 31.4 Å². The number of rotatable bonds is 4. The summed E-state index contributed by atoms with van der Waals surface area (Å²) in [6, 6.07) is 7.64. The van der Waals surface area contributed by atoms with Gasteiger partial charge in [-0.15, -0.1) is 0 Å². The second-order valence-electron chi connectivity index (χ2n) is 4.15. The molecular formula is C13H15Cl2N3. The minimum atomic E-state index is 0.129. The first kappa shape index (κ1) is 13.2. The predicted octanol–water partition coefficient (Wildman–Crippen LogP) is 4.29. The van der Waals surface area contributed by atoms with Gasteiger partial charge >= 0.3 is 0 Å². The summed E-state index contributed by atoms with van der Waals surface area (Å²) < 4.78 is 1.76. The van der Waals surface area contributed by atoms with E-state index in [0.29, 0.717) is 10.0 Å². The summed E-state index contributed by atoms with van der Waals surface area (Å²) in [6.45, 7) is 2.10. The van der Waals surface area contributed by atoms with E-state index in [9.17, 15) is 0 Å². The number of nitrogens with zero attached hydrogens (tertiary/aromatic N) is 2. The summed E-state index contributed by atoms with van der Waals surface area (Å²) in [5.74, 6) is 0.843. The maximum absolute atomic E-state index is 6.22. The lowest BCUT2D eigenvalue weighted by Gasteiger charge is -2.18. The molecule has 0 radical (unpaired) electrons. The molecule has 0 spiro atoms. The summed E-state index contributed by atoms with van der Waals surface area (Å²) >= 11 is 12.1. The molecule has 0 amide bonds. The predicted molar refractivity (Wildman–Crippen MR) is 76.3 cm³/mol. The van der Waals surface area contributed by atoms with Gasteiger partial charge in [-0.3, -0.25) is 4.68 Å². The maximum Gasteiger partial charge on any atom is 0.148 e. The van der Waals surface area contributed by atoms with Gasteiger partial charge in [0.2, 0.25) is 0 Å². The van der Waals surface area contributed by atoms with E-state index in [0.717, 1.165) is 17.8 Å². The molecule has 18 heavy (non-hydrogen) atoms. The minimum absolute atomic E-state index is 0.129. The molecule has 1 atom stereocenters. The molecule has 1 aromatic carbocycles. The fourth-order valence-corrected chi connectivity index (χ4v) is 2.39. The highest BCUT2D eigenvalue weighted by Gasteiger charge is 2.14. The van der Waals surface area contributed by atoms with E-state index < -0.39 is 0 Å². The van der Waals surface area contributed by atoms with Crippen molar-refractivity contribution in [2.75, 3.05) is 5.32 Å². The highest BCUT2D eigenvalue weighted by atomic mass is 35.5. The lowest BCUT2D eigenvalue weighted by molar-refractivity contribution is 0.724. The molecule has 2 rings (SSSR count). The van der Waals surface area contributed by atoms with E-state index in [1.165, 1.54) is 0 Å². The molecule has 0 saturated carbocycles. The van der Waals surface area contributed by atoms with Crippen LogP contribution in [0.5, 0.6) is 0 Å². The summed E-state index contributed by atoms with van der Waals surface area (Å²) in [7, 11) is 1.89. The SMILES string of the molecule is CCC(Nc1ccn(C)n1)c1ccc(Cl)cc1Cl. The van der Waals surface area contributed by atoms with E-state index in [1.54, 1.807) is 10.7 Å². The van der Waals surface area contributed by atoms with Gasteiger partial charge in [0.1, 0.15) is 5.82 Å². The standard InChI is InChI=1S/C13H15Cl2N3/c1-3-12(16-13-6-7-18(2)17-13)10-5-4-9(14)8-11(10)15/h4-8,12H,3H2,1-2H3,(H,16,17). The van der Waals surface area contributed by atoms with Crippen molar-refractivity contribution < 1.29 is 0 Å². The second kappa shape index (κ2) is 5.63. The molecule has 0 fully saturated rings. The van der Waals surface area contributed by atoms with Gasteiger partial charge < -0.3 is 5.32 Å². The number of halogens is 2. The van der Waals surface area contributed by atoms with Crippen LogP contribution in [0.4, 0.5) is 5.82 Å². The van der Waals surface area contributed by atoms with Gasteiger partial charge in [0.25, 0.3) is 0 Å². The fraction of sp³-hybridized carbons (Fsp3) is 0.308. The van der Waals surface area contributed by atoms with E-state index in [4.69, 9.17) is 23.2 Å². The molecule has 2 aromatic rings. The largest absolute Gasteiger partial charge is 0.362 e. The first-order valence-electron chi connectivity index (χ1n) is 5.81. The van der Waals surface area contributed by atoms with Crippen molar-refractivity contribution in [3.05, 3.63) is 46.1 Å². The molecule has 3 nitrogen and oxygen atoms in total. The number of hydrogen-bond donors (Lipinski definition) is 1. The Kier molecular flexibility index (Phi) is 4.15. The highest BCUT2D eigenvalue weighted by molar-refractivity contribution is 6.35. The van der Waals surface area contributed by atoms with E-state index in [2.05, 4.69) is 17.3 Å². The molecule has 0 aliphatic carbocycles. The van der Waals surface area contributed by atoms with Gasteiger partial charge in [-0.25, -0.2) is 0 Å². The van der Waals surface area contributed by atoms with Crippen LogP contribution in [-0.4, -0.2) is 9.78 Å². The van der Waals surface area contributed by atoms with Crippen molar-refractivity contribution in [3.63, 3.8) is 0 Å². The molecule has 5 heteroatoms. The van der Waals surface area contributed by atoms with E-state index >= 15 is 0 Å². The van der Waals surface area contributed by atoms with Crippen LogP contribution >= 0.6 is 23.2 Å². The van der Waals surface area contributed by atoms with Crippen LogP contribution in [0.25, 0.3) is 0 Å².